The van der Waals surface area contributed by atoms with Gasteiger partial charge in [-0.3, -0.25) is 4.79 Å². The lowest BCUT2D eigenvalue weighted by Crippen LogP contribution is -2.05. The van der Waals surface area contributed by atoms with Crippen LogP contribution in [0.4, 0.5) is 0 Å². The van der Waals surface area contributed by atoms with E-state index in [0.717, 1.165) is 10.9 Å². The molecule has 0 aliphatic carbocycles. The van der Waals surface area contributed by atoms with Crippen LogP contribution in [0.5, 0.6) is 5.75 Å². The molecule has 0 unspecified atom stereocenters. The van der Waals surface area contributed by atoms with Gasteiger partial charge in [0.15, 0.2) is 10.9 Å². The lowest BCUT2D eigenvalue weighted by atomic mass is 10.1. The largest absolute Gasteiger partial charge is 0.492 e. The van der Waals surface area contributed by atoms with Crippen LogP contribution >= 0.6 is 11.8 Å². The maximum atomic E-state index is 11.5. The van der Waals surface area contributed by atoms with Gasteiger partial charge in [-0.15, -0.1) is 0 Å². The summed E-state index contributed by atoms with van der Waals surface area (Å²) in [7, 11) is 1.87. The number of aliphatic hydroxyl groups is 1. The summed E-state index contributed by atoms with van der Waals surface area (Å²) in [6, 6.07) is 7.23. The highest BCUT2D eigenvalue weighted by Gasteiger charge is 2.08. The van der Waals surface area contributed by atoms with Crippen LogP contribution in [0.1, 0.15) is 23.0 Å². The Bertz CT molecular complexity index is 625. The van der Waals surface area contributed by atoms with Gasteiger partial charge in [0.1, 0.15) is 5.75 Å². The standard InChI is InChI=1S/C15H18N2O3S/c1-11(19)13-5-3-4-6-14(13)20-7-8-21-15-16-9-12(10-18)17(15)2/h3-6,9,18H,7-8,10H2,1-2H3. The summed E-state index contributed by atoms with van der Waals surface area (Å²) in [5.41, 5.74) is 1.38. The summed E-state index contributed by atoms with van der Waals surface area (Å²) in [4.78, 5) is 15.7. The molecule has 1 N–H and O–H groups in total. The van der Waals surface area contributed by atoms with Crippen molar-refractivity contribution in [2.45, 2.75) is 18.7 Å². The summed E-state index contributed by atoms with van der Waals surface area (Å²) in [6.45, 7) is 1.99. The maximum absolute atomic E-state index is 11.5. The van der Waals surface area contributed by atoms with Crippen molar-refractivity contribution >= 4 is 17.5 Å². The number of hydrogen-bond acceptors (Lipinski definition) is 5. The molecule has 0 bridgehead atoms. The van der Waals surface area contributed by atoms with Gasteiger partial charge in [0, 0.05) is 12.8 Å². The zero-order valence-electron chi connectivity index (χ0n) is 12.1. The minimum Gasteiger partial charge on any atom is -0.492 e. The molecule has 0 saturated heterocycles. The van der Waals surface area contributed by atoms with E-state index >= 15 is 0 Å². The van der Waals surface area contributed by atoms with E-state index in [2.05, 4.69) is 4.98 Å². The molecule has 0 fully saturated rings. The zero-order valence-corrected chi connectivity index (χ0v) is 12.9. The van der Waals surface area contributed by atoms with Crippen molar-refractivity contribution in [1.29, 1.82) is 0 Å². The van der Waals surface area contributed by atoms with E-state index in [1.165, 1.54) is 6.92 Å². The van der Waals surface area contributed by atoms with Crippen LogP contribution in [0.15, 0.2) is 35.6 Å². The molecule has 0 radical (unpaired) electrons. The minimum atomic E-state index is -0.0213. The molecule has 0 aliphatic rings. The predicted molar refractivity (Wildman–Crippen MR) is 81.8 cm³/mol. The highest BCUT2D eigenvalue weighted by atomic mass is 32.2. The number of para-hydroxylation sites is 1. The summed E-state index contributed by atoms with van der Waals surface area (Å²) >= 11 is 1.55. The first kappa shape index (κ1) is 15.6. The maximum Gasteiger partial charge on any atom is 0.168 e. The Morgan fingerprint density at radius 2 is 2.19 bits per heavy atom. The highest BCUT2D eigenvalue weighted by Crippen LogP contribution is 2.20. The van der Waals surface area contributed by atoms with Crippen molar-refractivity contribution in [3.05, 3.63) is 41.7 Å². The number of aromatic nitrogens is 2. The molecule has 0 saturated carbocycles. The second-order valence-corrected chi connectivity index (χ2v) is 5.56. The van der Waals surface area contributed by atoms with E-state index in [1.54, 1.807) is 30.1 Å². The third-order valence-electron chi connectivity index (χ3n) is 3.04. The molecule has 0 spiro atoms. The fourth-order valence-corrected chi connectivity index (χ4v) is 2.66. The summed E-state index contributed by atoms with van der Waals surface area (Å²) in [6.07, 6.45) is 1.66. The Labute approximate surface area is 128 Å². The zero-order chi connectivity index (χ0) is 15.2. The molecule has 2 rings (SSSR count). The Morgan fingerprint density at radius 1 is 1.43 bits per heavy atom. The number of thioether (sulfide) groups is 1. The van der Waals surface area contributed by atoms with Gasteiger partial charge < -0.3 is 14.4 Å². The number of rotatable bonds is 7. The van der Waals surface area contributed by atoms with Gasteiger partial charge in [-0.25, -0.2) is 4.98 Å². The number of carbonyl (C=O) groups excluding carboxylic acids is 1. The summed E-state index contributed by atoms with van der Waals surface area (Å²) in [5, 5.41) is 9.94. The first-order valence-corrected chi connectivity index (χ1v) is 7.59. The third-order valence-corrected chi connectivity index (χ3v) is 4.05. The molecule has 5 nitrogen and oxygen atoms in total. The Kier molecular flexibility index (Phi) is 5.41. The Morgan fingerprint density at radius 3 is 2.86 bits per heavy atom. The number of carbonyl (C=O) groups is 1. The minimum absolute atomic E-state index is 0.00468. The van der Waals surface area contributed by atoms with Gasteiger partial charge in [0.2, 0.25) is 0 Å². The molecule has 21 heavy (non-hydrogen) atoms. The summed E-state index contributed by atoms with van der Waals surface area (Å²) in [5.74, 6) is 1.32. The molecular formula is C15H18N2O3S. The molecule has 0 atom stereocenters. The van der Waals surface area contributed by atoms with Gasteiger partial charge in [-0.2, -0.15) is 0 Å². The fourth-order valence-electron chi connectivity index (χ4n) is 1.87. The van der Waals surface area contributed by atoms with Crippen molar-refractivity contribution in [1.82, 2.24) is 9.55 Å². The summed E-state index contributed by atoms with van der Waals surface area (Å²) < 4.78 is 7.52. The molecule has 0 aliphatic heterocycles. The SMILES string of the molecule is CC(=O)c1ccccc1OCCSc1ncc(CO)n1C. The van der Waals surface area contributed by atoms with Crippen molar-refractivity contribution < 1.29 is 14.6 Å². The second kappa shape index (κ2) is 7.28. The number of benzene rings is 1. The normalized spacial score (nSPS) is 10.6. The van der Waals surface area contributed by atoms with Crippen molar-refractivity contribution in [2.75, 3.05) is 12.4 Å². The van der Waals surface area contributed by atoms with Gasteiger partial charge in [-0.05, 0) is 19.1 Å². The quantitative estimate of drug-likeness (QED) is 0.483. The van der Waals surface area contributed by atoms with Crippen LogP contribution in [0, 0.1) is 0 Å². The van der Waals surface area contributed by atoms with Crippen molar-refractivity contribution in [3.8, 4) is 5.75 Å². The van der Waals surface area contributed by atoms with Crippen LogP contribution in [0.3, 0.4) is 0 Å². The molecule has 112 valence electrons. The van der Waals surface area contributed by atoms with Gasteiger partial charge >= 0.3 is 0 Å². The Balaban J connectivity index is 1.88. The van der Waals surface area contributed by atoms with E-state index in [4.69, 9.17) is 9.84 Å². The van der Waals surface area contributed by atoms with Crippen LogP contribution in [0.25, 0.3) is 0 Å². The van der Waals surface area contributed by atoms with E-state index in [1.807, 2.05) is 23.7 Å². The van der Waals surface area contributed by atoms with E-state index in [-0.39, 0.29) is 12.4 Å². The van der Waals surface area contributed by atoms with Crippen molar-refractivity contribution in [2.24, 2.45) is 7.05 Å². The fraction of sp³-hybridized carbons (Fsp3) is 0.333. The smallest absolute Gasteiger partial charge is 0.168 e. The van der Waals surface area contributed by atoms with Gasteiger partial charge in [0.25, 0.3) is 0 Å². The van der Waals surface area contributed by atoms with Gasteiger partial charge in [0.05, 0.1) is 30.7 Å². The number of ketones is 1. The van der Waals surface area contributed by atoms with Crippen LogP contribution < -0.4 is 4.74 Å². The number of aliphatic hydroxyl groups excluding tert-OH is 1. The molecular weight excluding hydrogens is 288 g/mol. The number of hydrogen-bond donors (Lipinski definition) is 1. The third kappa shape index (κ3) is 3.86. The average Bonchev–Trinajstić information content (AvgIpc) is 2.84. The second-order valence-electron chi connectivity index (χ2n) is 4.50. The number of nitrogens with zero attached hydrogens (tertiary/aromatic N) is 2. The van der Waals surface area contributed by atoms with E-state index in [0.29, 0.717) is 23.7 Å². The van der Waals surface area contributed by atoms with Crippen LogP contribution in [-0.2, 0) is 13.7 Å². The number of Topliss-reactive ketones (excluding diaryl/α,β-unsaturated/α-hetero) is 1. The topological polar surface area (TPSA) is 64.3 Å². The Hall–Kier alpha value is -1.79. The number of ether oxygens (including phenoxy) is 1. The van der Waals surface area contributed by atoms with Crippen LogP contribution in [-0.4, -0.2) is 32.8 Å². The molecule has 1 aromatic carbocycles. The molecule has 6 heteroatoms. The van der Waals surface area contributed by atoms with Gasteiger partial charge in [-0.1, -0.05) is 23.9 Å². The molecule has 2 aromatic rings. The molecule has 1 aromatic heterocycles. The lowest BCUT2D eigenvalue weighted by Gasteiger charge is -2.09. The number of imidazole rings is 1. The van der Waals surface area contributed by atoms with E-state index < -0.39 is 0 Å². The average molecular weight is 306 g/mol. The lowest BCUT2D eigenvalue weighted by molar-refractivity contribution is 0.101. The monoisotopic (exact) mass is 306 g/mol. The first-order chi connectivity index (χ1) is 10.1. The van der Waals surface area contributed by atoms with Crippen LogP contribution in [0.2, 0.25) is 0 Å². The molecule has 1 heterocycles. The predicted octanol–water partition coefficient (Wildman–Crippen LogP) is 2.29. The molecule has 0 amide bonds. The van der Waals surface area contributed by atoms with E-state index in [9.17, 15) is 4.79 Å². The highest BCUT2D eigenvalue weighted by molar-refractivity contribution is 7.99. The first-order valence-electron chi connectivity index (χ1n) is 6.60. The van der Waals surface area contributed by atoms with Crippen molar-refractivity contribution in [3.63, 3.8) is 0 Å².